The van der Waals surface area contributed by atoms with Gasteiger partial charge in [-0.15, -0.1) is 6.58 Å². The SMILES string of the molecule is C=CCCCCCCCCOC(=O)CCCC(=O)OCC=C(C)C. The van der Waals surface area contributed by atoms with Crippen molar-refractivity contribution in [2.45, 2.75) is 78.1 Å². The maximum atomic E-state index is 11.5. The van der Waals surface area contributed by atoms with Gasteiger partial charge >= 0.3 is 11.9 Å². The van der Waals surface area contributed by atoms with Gasteiger partial charge < -0.3 is 9.47 Å². The first kappa shape index (κ1) is 22.4. The van der Waals surface area contributed by atoms with Crippen molar-refractivity contribution in [1.29, 1.82) is 0 Å². The van der Waals surface area contributed by atoms with Crippen LogP contribution >= 0.6 is 0 Å². The van der Waals surface area contributed by atoms with Crippen LogP contribution in [0.1, 0.15) is 78.1 Å². The van der Waals surface area contributed by atoms with E-state index in [2.05, 4.69) is 6.58 Å². The molecule has 0 saturated carbocycles. The number of carbonyl (C=O) groups excluding carboxylic acids is 2. The smallest absolute Gasteiger partial charge is 0.306 e. The molecule has 0 saturated heterocycles. The van der Waals surface area contributed by atoms with Crippen molar-refractivity contribution in [3.8, 4) is 0 Å². The van der Waals surface area contributed by atoms with Gasteiger partial charge in [0.25, 0.3) is 0 Å². The third kappa shape index (κ3) is 16.8. The average Bonchev–Trinajstić information content (AvgIpc) is 2.53. The molecule has 4 nitrogen and oxygen atoms in total. The zero-order valence-corrected chi connectivity index (χ0v) is 15.5. The van der Waals surface area contributed by atoms with Gasteiger partial charge in [0.05, 0.1) is 6.61 Å². The molecule has 24 heavy (non-hydrogen) atoms. The van der Waals surface area contributed by atoms with Crippen LogP contribution in [-0.2, 0) is 19.1 Å². The molecule has 0 aromatic carbocycles. The van der Waals surface area contributed by atoms with Crippen LogP contribution in [0.5, 0.6) is 0 Å². The second kappa shape index (κ2) is 16.3. The van der Waals surface area contributed by atoms with Gasteiger partial charge in [0.1, 0.15) is 6.61 Å². The van der Waals surface area contributed by atoms with E-state index in [-0.39, 0.29) is 24.8 Å². The molecule has 0 radical (unpaired) electrons. The summed E-state index contributed by atoms with van der Waals surface area (Å²) in [6.07, 6.45) is 12.8. The highest BCUT2D eigenvalue weighted by atomic mass is 16.5. The number of hydrogen-bond donors (Lipinski definition) is 0. The van der Waals surface area contributed by atoms with Gasteiger partial charge in [-0.3, -0.25) is 9.59 Å². The Morgan fingerprint density at radius 2 is 1.42 bits per heavy atom. The van der Waals surface area contributed by atoms with E-state index in [1.165, 1.54) is 25.7 Å². The Morgan fingerprint density at radius 3 is 2.04 bits per heavy atom. The molecule has 0 aromatic heterocycles. The molecule has 0 aliphatic carbocycles. The summed E-state index contributed by atoms with van der Waals surface area (Å²) < 4.78 is 10.2. The molecule has 0 aromatic rings. The Hall–Kier alpha value is -1.58. The Bertz CT molecular complexity index is 381. The number of ether oxygens (including phenoxy) is 2. The maximum absolute atomic E-state index is 11.5. The Balaban J connectivity index is 3.39. The standard InChI is InChI=1S/C20H34O4/c1-4-5-6-7-8-9-10-11-16-23-19(21)13-12-14-20(22)24-17-15-18(2)3/h4,15H,1,5-14,16-17H2,2-3H3. The minimum Gasteiger partial charge on any atom is -0.466 e. The first-order valence-corrected chi connectivity index (χ1v) is 9.11. The highest BCUT2D eigenvalue weighted by Crippen LogP contribution is 2.08. The zero-order chi connectivity index (χ0) is 18.0. The molecule has 0 spiro atoms. The monoisotopic (exact) mass is 338 g/mol. The minimum absolute atomic E-state index is 0.224. The van der Waals surface area contributed by atoms with Gasteiger partial charge in [-0.05, 0) is 45.6 Å². The Labute approximate surface area is 147 Å². The summed E-state index contributed by atoms with van der Waals surface area (Å²) in [4.78, 5) is 23.0. The van der Waals surface area contributed by atoms with E-state index >= 15 is 0 Å². The largest absolute Gasteiger partial charge is 0.466 e. The summed E-state index contributed by atoms with van der Waals surface area (Å²) in [5, 5.41) is 0. The van der Waals surface area contributed by atoms with Crippen LogP contribution in [0.25, 0.3) is 0 Å². The number of carbonyl (C=O) groups is 2. The predicted octanol–water partition coefficient (Wildman–Crippen LogP) is 5.13. The lowest BCUT2D eigenvalue weighted by Crippen LogP contribution is -2.09. The van der Waals surface area contributed by atoms with Gasteiger partial charge in [0.2, 0.25) is 0 Å². The Morgan fingerprint density at radius 1 is 0.833 bits per heavy atom. The van der Waals surface area contributed by atoms with Gasteiger partial charge in [-0.2, -0.15) is 0 Å². The van der Waals surface area contributed by atoms with Crippen LogP contribution < -0.4 is 0 Å². The second-order valence-corrected chi connectivity index (χ2v) is 6.24. The number of allylic oxidation sites excluding steroid dienone is 2. The van der Waals surface area contributed by atoms with E-state index < -0.39 is 0 Å². The Kier molecular flexibility index (Phi) is 15.2. The molecule has 0 fully saturated rings. The lowest BCUT2D eigenvalue weighted by atomic mass is 10.1. The lowest BCUT2D eigenvalue weighted by Gasteiger charge is -2.05. The summed E-state index contributed by atoms with van der Waals surface area (Å²) in [6.45, 7) is 8.40. The normalized spacial score (nSPS) is 10.1. The molecule has 0 unspecified atom stereocenters. The minimum atomic E-state index is -0.267. The quantitative estimate of drug-likeness (QED) is 0.236. The molecule has 0 atom stereocenters. The van der Waals surface area contributed by atoms with E-state index in [9.17, 15) is 9.59 Å². The summed E-state index contributed by atoms with van der Waals surface area (Å²) >= 11 is 0. The highest BCUT2D eigenvalue weighted by Gasteiger charge is 2.06. The zero-order valence-electron chi connectivity index (χ0n) is 15.5. The van der Waals surface area contributed by atoms with Crippen LogP contribution in [0.2, 0.25) is 0 Å². The molecule has 4 heteroatoms. The van der Waals surface area contributed by atoms with Crippen molar-refractivity contribution in [2.24, 2.45) is 0 Å². The molecular formula is C20H34O4. The number of hydrogen-bond acceptors (Lipinski definition) is 4. The van der Waals surface area contributed by atoms with E-state index in [1.54, 1.807) is 0 Å². The number of esters is 2. The fourth-order valence-electron chi connectivity index (χ4n) is 2.11. The summed E-state index contributed by atoms with van der Waals surface area (Å²) in [7, 11) is 0. The fraction of sp³-hybridized carbons (Fsp3) is 0.700. The highest BCUT2D eigenvalue weighted by molar-refractivity contribution is 5.72. The molecule has 0 aliphatic heterocycles. The summed E-state index contributed by atoms with van der Waals surface area (Å²) in [5.74, 6) is -0.491. The fourth-order valence-corrected chi connectivity index (χ4v) is 2.11. The van der Waals surface area contributed by atoms with Crippen LogP contribution in [0, 0.1) is 0 Å². The van der Waals surface area contributed by atoms with Gasteiger partial charge in [0, 0.05) is 12.8 Å². The lowest BCUT2D eigenvalue weighted by molar-refractivity contribution is -0.145. The van der Waals surface area contributed by atoms with E-state index in [1.807, 2.05) is 26.0 Å². The molecule has 0 aliphatic rings. The van der Waals surface area contributed by atoms with E-state index in [0.717, 1.165) is 24.8 Å². The van der Waals surface area contributed by atoms with E-state index in [4.69, 9.17) is 9.47 Å². The third-order valence-electron chi connectivity index (χ3n) is 3.56. The van der Waals surface area contributed by atoms with Crippen molar-refractivity contribution in [1.82, 2.24) is 0 Å². The van der Waals surface area contributed by atoms with Gasteiger partial charge in [-0.25, -0.2) is 0 Å². The van der Waals surface area contributed by atoms with Crippen LogP contribution in [-0.4, -0.2) is 25.2 Å². The molecule has 0 heterocycles. The van der Waals surface area contributed by atoms with Crippen LogP contribution in [0.3, 0.4) is 0 Å². The van der Waals surface area contributed by atoms with Gasteiger partial charge in [-0.1, -0.05) is 37.3 Å². The topological polar surface area (TPSA) is 52.6 Å². The first-order chi connectivity index (χ1) is 11.6. The number of rotatable bonds is 15. The first-order valence-electron chi connectivity index (χ1n) is 9.11. The molecule has 0 N–H and O–H groups in total. The van der Waals surface area contributed by atoms with Crippen LogP contribution in [0.15, 0.2) is 24.3 Å². The summed E-state index contributed by atoms with van der Waals surface area (Å²) in [6, 6.07) is 0. The third-order valence-corrected chi connectivity index (χ3v) is 3.56. The molecule has 0 amide bonds. The second-order valence-electron chi connectivity index (χ2n) is 6.24. The maximum Gasteiger partial charge on any atom is 0.306 e. The predicted molar refractivity (Wildman–Crippen MR) is 97.7 cm³/mol. The van der Waals surface area contributed by atoms with Crippen molar-refractivity contribution < 1.29 is 19.1 Å². The van der Waals surface area contributed by atoms with Crippen molar-refractivity contribution in [2.75, 3.05) is 13.2 Å². The average molecular weight is 338 g/mol. The summed E-state index contributed by atoms with van der Waals surface area (Å²) in [5.41, 5.74) is 1.11. The number of unbranched alkanes of at least 4 members (excludes halogenated alkanes) is 6. The molecule has 0 bridgehead atoms. The van der Waals surface area contributed by atoms with E-state index in [0.29, 0.717) is 19.6 Å². The van der Waals surface area contributed by atoms with Crippen molar-refractivity contribution >= 4 is 11.9 Å². The van der Waals surface area contributed by atoms with Crippen molar-refractivity contribution in [3.05, 3.63) is 24.3 Å². The van der Waals surface area contributed by atoms with Crippen LogP contribution in [0.4, 0.5) is 0 Å². The van der Waals surface area contributed by atoms with Crippen molar-refractivity contribution in [3.63, 3.8) is 0 Å². The molecular weight excluding hydrogens is 304 g/mol. The van der Waals surface area contributed by atoms with Gasteiger partial charge in [0.15, 0.2) is 0 Å². The molecule has 138 valence electrons. The molecule has 0 rings (SSSR count).